The average Bonchev–Trinajstić information content (AvgIpc) is 2.75. The summed E-state index contributed by atoms with van der Waals surface area (Å²) in [5, 5.41) is 0.282. The third kappa shape index (κ3) is 5.03. The SMILES string of the molecule is CCCOC(=O)c1ccc(Oc2c(C)oc3cc(OC(=O)N(C)C)ccc3c2=O)cc1. The van der Waals surface area contributed by atoms with E-state index in [9.17, 15) is 14.4 Å². The Hall–Kier alpha value is -3.81. The first-order valence-electron chi connectivity index (χ1n) is 9.71. The molecule has 31 heavy (non-hydrogen) atoms. The molecule has 0 saturated heterocycles. The van der Waals surface area contributed by atoms with E-state index in [-0.39, 0.29) is 33.7 Å². The molecule has 1 amide bonds. The van der Waals surface area contributed by atoms with Crippen LogP contribution in [-0.4, -0.2) is 37.7 Å². The second-order valence-corrected chi connectivity index (χ2v) is 7.00. The van der Waals surface area contributed by atoms with E-state index in [0.29, 0.717) is 17.9 Å². The molecule has 0 N–H and O–H groups in total. The lowest BCUT2D eigenvalue weighted by atomic mass is 10.2. The zero-order chi connectivity index (χ0) is 22.5. The van der Waals surface area contributed by atoms with Crippen molar-refractivity contribution in [2.24, 2.45) is 0 Å². The van der Waals surface area contributed by atoms with Crippen molar-refractivity contribution in [3.63, 3.8) is 0 Å². The van der Waals surface area contributed by atoms with Crippen molar-refractivity contribution >= 4 is 23.0 Å². The van der Waals surface area contributed by atoms with Gasteiger partial charge in [0.15, 0.2) is 0 Å². The summed E-state index contributed by atoms with van der Waals surface area (Å²) in [4.78, 5) is 37.8. The molecule has 0 aliphatic carbocycles. The molecule has 162 valence electrons. The van der Waals surface area contributed by atoms with E-state index in [0.717, 1.165) is 6.42 Å². The van der Waals surface area contributed by atoms with E-state index in [1.165, 1.54) is 23.1 Å². The Morgan fingerprint density at radius 2 is 1.71 bits per heavy atom. The number of rotatable bonds is 6. The molecule has 8 heteroatoms. The molecule has 0 spiro atoms. The topological polar surface area (TPSA) is 95.3 Å². The van der Waals surface area contributed by atoms with Crippen LogP contribution in [-0.2, 0) is 4.74 Å². The van der Waals surface area contributed by atoms with Gasteiger partial charge in [-0.15, -0.1) is 0 Å². The number of aryl methyl sites for hydroxylation is 1. The standard InChI is InChI=1S/C23H23NO7/c1-5-12-28-22(26)15-6-8-16(9-7-15)30-21-14(2)29-19-13-17(31-23(27)24(3)4)10-11-18(19)20(21)25/h6-11,13H,5,12H2,1-4H3. The number of carbonyl (C=O) groups excluding carboxylic acids is 2. The van der Waals surface area contributed by atoms with Gasteiger partial charge in [0, 0.05) is 20.2 Å². The van der Waals surface area contributed by atoms with Crippen molar-refractivity contribution < 1.29 is 28.2 Å². The molecule has 3 rings (SSSR count). The number of nitrogens with zero attached hydrogens (tertiary/aromatic N) is 1. The highest BCUT2D eigenvalue weighted by Crippen LogP contribution is 2.27. The fourth-order valence-electron chi connectivity index (χ4n) is 2.70. The maximum absolute atomic E-state index is 12.9. The van der Waals surface area contributed by atoms with Crippen LogP contribution in [0.1, 0.15) is 29.5 Å². The predicted molar refractivity (Wildman–Crippen MR) is 114 cm³/mol. The molecule has 0 atom stereocenters. The third-order valence-electron chi connectivity index (χ3n) is 4.30. The number of hydrogen-bond acceptors (Lipinski definition) is 7. The lowest BCUT2D eigenvalue weighted by Gasteiger charge is -2.12. The van der Waals surface area contributed by atoms with E-state index in [1.54, 1.807) is 45.3 Å². The molecule has 0 unspecified atom stereocenters. The molecule has 0 fully saturated rings. The van der Waals surface area contributed by atoms with Crippen LogP contribution in [0.5, 0.6) is 17.2 Å². The Morgan fingerprint density at radius 3 is 2.35 bits per heavy atom. The minimum atomic E-state index is -0.541. The molecule has 0 aliphatic heterocycles. The number of benzene rings is 2. The number of amides is 1. The fourth-order valence-corrected chi connectivity index (χ4v) is 2.70. The Bertz CT molecular complexity index is 1160. The minimum Gasteiger partial charge on any atom is -0.462 e. The summed E-state index contributed by atoms with van der Waals surface area (Å²) in [6, 6.07) is 10.8. The number of carbonyl (C=O) groups is 2. The van der Waals surface area contributed by atoms with Crippen molar-refractivity contribution in [1.29, 1.82) is 0 Å². The molecule has 1 heterocycles. The second kappa shape index (κ2) is 9.34. The Kier molecular flexibility index (Phi) is 6.59. The normalized spacial score (nSPS) is 10.6. The highest BCUT2D eigenvalue weighted by molar-refractivity contribution is 5.89. The first kappa shape index (κ1) is 21.9. The van der Waals surface area contributed by atoms with Gasteiger partial charge in [-0.25, -0.2) is 9.59 Å². The van der Waals surface area contributed by atoms with Crippen LogP contribution in [0.25, 0.3) is 11.0 Å². The maximum Gasteiger partial charge on any atom is 0.414 e. The Balaban J connectivity index is 1.85. The van der Waals surface area contributed by atoms with Crippen molar-refractivity contribution in [1.82, 2.24) is 4.90 Å². The van der Waals surface area contributed by atoms with Crippen LogP contribution in [0, 0.1) is 6.92 Å². The average molecular weight is 425 g/mol. The van der Waals surface area contributed by atoms with E-state index in [1.807, 2.05) is 6.92 Å². The highest BCUT2D eigenvalue weighted by Gasteiger charge is 2.16. The molecular weight excluding hydrogens is 402 g/mol. The molecule has 2 aromatic carbocycles. The molecule has 0 radical (unpaired) electrons. The summed E-state index contributed by atoms with van der Waals surface area (Å²) >= 11 is 0. The quantitative estimate of drug-likeness (QED) is 0.536. The predicted octanol–water partition coefficient (Wildman–Crippen LogP) is 4.52. The fraction of sp³-hybridized carbons (Fsp3) is 0.261. The van der Waals surface area contributed by atoms with Gasteiger partial charge in [0.25, 0.3) is 0 Å². The van der Waals surface area contributed by atoms with Gasteiger partial charge in [-0.2, -0.15) is 0 Å². The van der Waals surface area contributed by atoms with E-state index in [2.05, 4.69) is 0 Å². The van der Waals surface area contributed by atoms with E-state index >= 15 is 0 Å². The monoisotopic (exact) mass is 425 g/mol. The van der Waals surface area contributed by atoms with Crippen LogP contribution in [0.15, 0.2) is 51.7 Å². The summed E-state index contributed by atoms with van der Waals surface area (Å²) in [5.74, 6) is 0.513. The van der Waals surface area contributed by atoms with Gasteiger partial charge in [0.05, 0.1) is 17.6 Å². The molecule has 0 saturated carbocycles. The molecule has 3 aromatic rings. The van der Waals surface area contributed by atoms with Gasteiger partial charge in [-0.1, -0.05) is 6.92 Å². The summed E-state index contributed by atoms with van der Waals surface area (Å²) in [6.45, 7) is 3.87. The zero-order valence-corrected chi connectivity index (χ0v) is 17.8. The lowest BCUT2D eigenvalue weighted by molar-refractivity contribution is 0.0505. The molecular formula is C23H23NO7. The largest absolute Gasteiger partial charge is 0.462 e. The second-order valence-electron chi connectivity index (χ2n) is 7.00. The number of hydrogen-bond donors (Lipinski definition) is 0. The van der Waals surface area contributed by atoms with Crippen LogP contribution in [0.3, 0.4) is 0 Å². The van der Waals surface area contributed by atoms with Gasteiger partial charge in [0.1, 0.15) is 22.8 Å². The summed E-state index contributed by atoms with van der Waals surface area (Å²) in [6.07, 6.45) is 0.198. The van der Waals surface area contributed by atoms with Crippen molar-refractivity contribution in [3.05, 3.63) is 64.0 Å². The van der Waals surface area contributed by atoms with Crippen molar-refractivity contribution in [2.45, 2.75) is 20.3 Å². The lowest BCUT2D eigenvalue weighted by Crippen LogP contribution is -2.25. The first-order chi connectivity index (χ1) is 14.8. The molecule has 0 aliphatic rings. The number of ether oxygens (including phenoxy) is 3. The molecule has 8 nitrogen and oxygen atoms in total. The highest BCUT2D eigenvalue weighted by atomic mass is 16.6. The van der Waals surface area contributed by atoms with Crippen LogP contribution >= 0.6 is 0 Å². The summed E-state index contributed by atoms with van der Waals surface area (Å²) in [7, 11) is 3.13. The minimum absolute atomic E-state index is 0.0341. The number of fused-ring (bicyclic) bond motifs is 1. The van der Waals surface area contributed by atoms with Crippen LogP contribution < -0.4 is 14.9 Å². The van der Waals surface area contributed by atoms with Crippen molar-refractivity contribution in [2.75, 3.05) is 20.7 Å². The van der Waals surface area contributed by atoms with Crippen LogP contribution in [0.2, 0.25) is 0 Å². The number of esters is 1. The van der Waals surface area contributed by atoms with Gasteiger partial charge in [-0.05, 0) is 49.7 Å². The van der Waals surface area contributed by atoms with E-state index < -0.39 is 12.1 Å². The Labute approximate surface area is 178 Å². The Morgan fingerprint density at radius 1 is 1.03 bits per heavy atom. The third-order valence-corrected chi connectivity index (χ3v) is 4.30. The zero-order valence-electron chi connectivity index (χ0n) is 17.8. The van der Waals surface area contributed by atoms with Crippen LogP contribution in [0.4, 0.5) is 4.79 Å². The van der Waals surface area contributed by atoms with Gasteiger partial charge < -0.3 is 23.5 Å². The van der Waals surface area contributed by atoms with Gasteiger partial charge in [0.2, 0.25) is 11.2 Å². The van der Waals surface area contributed by atoms with Gasteiger partial charge >= 0.3 is 12.1 Å². The van der Waals surface area contributed by atoms with Crippen molar-refractivity contribution in [3.8, 4) is 17.2 Å². The summed E-state index contributed by atoms with van der Waals surface area (Å²) < 4.78 is 21.8. The molecule has 0 bridgehead atoms. The first-order valence-corrected chi connectivity index (χ1v) is 9.71. The smallest absolute Gasteiger partial charge is 0.414 e. The van der Waals surface area contributed by atoms with E-state index in [4.69, 9.17) is 18.6 Å². The van der Waals surface area contributed by atoms with Gasteiger partial charge in [-0.3, -0.25) is 4.79 Å². The summed E-state index contributed by atoms with van der Waals surface area (Å²) in [5.41, 5.74) is 0.298. The molecule has 1 aromatic heterocycles. The maximum atomic E-state index is 12.9.